The van der Waals surface area contributed by atoms with Crippen molar-refractivity contribution in [2.75, 3.05) is 24.5 Å². The second kappa shape index (κ2) is 9.40. The summed E-state index contributed by atoms with van der Waals surface area (Å²) >= 11 is 0.903. The van der Waals surface area contributed by atoms with E-state index < -0.39 is 0 Å². The molecule has 4 amide bonds. The maximum atomic E-state index is 12.6. The number of nitrogens with one attached hydrogen (secondary N) is 1. The molecule has 2 heterocycles. The molecule has 164 valence electrons. The molecule has 0 bridgehead atoms. The predicted octanol–water partition coefficient (Wildman–Crippen LogP) is 3.45. The molecule has 2 aromatic rings. The number of fused-ring (bicyclic) bond motifs is 1. The summed E-state index contributed by atoms with van der Waals surface area (Å²) in [7, 11) is 0. The van der Waals surface area contributed by atoms with Crippen LogP contribution < -0.4 is 10.2 Å². The Bertz CT molecular complexity index is 1110. The quantitative estimate of drug-likeness (QED) is 0.683. The van der Waals surface area contributed by atoms with E-state index in [0.717, 1.165) is 33.5 Å². The summed E-state index contributed by atoms with van der Waals surface area (Å²) in [5.41, 5.74) is 3.17. The maximum absolute atomic E-state index is 12.6. The number of imide groups is 1. The third-order valence-corrected chi connectivity index (χ3v) is 6.34. The van der Waals surface area contributed by atoms with E-state index in [2.05, 4.69) is 5.32 Å². The van der Waals surface area contributed by atoms with Gasteiger partial charge in [0.05, 0.1) is 4.91 Å². The first-order valence-electron chi connectivity index (χ1n) is 10.5. The Labute approximate surface area is 190 Å². The summed E-state index contributed by atoms with van der Waals surface area (Å²) in [6, 6.07) is 14.6. The molecule has 0 aliphatic carbocycles. The summed E-state index contributed by atoms with van der Waals surface area (Å²) in [5, 5.41) is 2.43. The van der Waals surface area contributed by atoms with E-state index >= 15 is 0 Å². The average molecular weight is 450 g/mol. The van der Waals surface area contributed by atoms with Gasteiger partial charge in [-0.1, -0.05) is 37.3 Å². The Hall–Kier alpha value is -3.39. The van der Waals surface area contributed by atoms with Crippen LogP contribution in [0.2, 0.25) is 0 Å². The van der Waals surface area contributed by atoms with Crippen molar-refractivity contribution in [3.63, 3.8) is 0 Å². The van der Waals surface area contributed by atoms with Crippen molar-refractivity contribution in [1.29, 1.82) is 0 Å². The minimum absolute atomic E-state index is 0.0689. The highest BCUT2D eigenvalue weighted by molar-refractivity contribution is 8.18. The van der Waals surface area contributed by atoms with E-state index in [1.165, 1.54) is 0 Å². The number of hydrogen-bond donors (Lipinski definition) is 1. The third kappa shape index (κ3) is 4.45. The smallest absolute Gasteiger partial charge is 0.293 e. The van der Waals surface area contributed by atoms with E-state index in [9.17, 15) is 19.2 Å². The van der Waals surface area contributed by atoms with Crippen molar-refractivity contribution in [3.05, 3.63) is 70.1 Å². The molecule has 1 N–H and O–H groups in total. The van der Waals surface area contributed by atoms with Crippen LogP contribution in [-0.2, 0) is 16.0 Å². The number of thioether (sulfide) groups is 1. The van der Waals surface area contributed by atoms with E-state index in [-0.39, 0.29) is 36.1 Å². The van der Waals surface area contributed by atoms with Crippen molar-refractivity contribution < 1.29 is 19.2 Å². The molecule has 2 aliphatic heterocycles. The molecule has 4 rings (SSSR count). The lowest BCUT2D eigenvalue weighted by molar-refractivity contribution is -0.122. The fourth-order valence-electron chi connectivity index (χ4n) is 3.77. The Balaban J connectivity index is 1.34. The standard InChI is InChI=1S/C24H23N3O4S/c1-2-21(28)26-12-10-17-15-18(8-9-19(17)26)22(29)25-11-13-27-23(30)20(32-24(27)31)14-16-6-4-3-5-7-16/h3-9,14-15H,2,10-13H2,1H3,(H,25,29)/b20-14-. The number of rotatable bonds is 6. The molecular formula is C24H23N3O4S. The van der Waals surface area contributed by atoms with Crippen molar-refractivity contribution in [1.82, 2.24) is 10.2 Å². The highest BCUT2D eigenvalue weighted by Gasteiger charge is 2.34. The van der Waals surface area contributed by atoms with Gasteiger partial charge in [-0.15, -0.1) is 0 Å². The number of anilines is 1. The second-order valence-corrected chi connectivity index (χ2v) is 8.49. The molecule has 0 radical (unpaired) electrons. The van der Waals surface area contributed by atoms with Gasteiger partial charge in [0.1, 0.15) is 0 Å². The van der Waals surface area contributed by atoms with E-state index in [1.54, 1.807) is 29.2 Å². The summed E-state index contributed by atoms with van der Waals surface area (Å²) in [6.45, 7) is 2.72. The number of carbonyl (C=O) groups is 4. The van der Waals surface area contributed by atoms with Crippen LogP contribution in [0.4, 0.5) is 10.5 Å². The first kappa shape index (κ1) is 21.8. The lowest BCUT2D eigenvalue weighted by Gasteiger charge is -2.16. The first-order valence-corrected chi connectivity index (χ1v) is 11.3. The molecule has 2 aliphatic rings. The zero-order valence-electron chi connectivity index (χ0n) is 17.7. The van der Waals surface area contributed by atoms with Crippen molar-refractivity contribution >= 4 is 46.5 Å². The highest BCUT2D eigenvalue weighted by atomic mass is 32.2. The van der Waals surface area contributed by atoms with Gasteiger partial charge >= 0.3 is 0 Å². The normalized spacial score (nSPS) is 16.6. The van der Waals surface area contributed by atoms with Crippen molar-refractivity contribution in [2.24, 2.45) is 0 Å². The Morgan fingerprint density at radius 2 is 1.91 bits per heavy atom. The Kier molecular flexibility index (Phi) is 6.41. The molecule has 0 atom stereocenters. The SMILES string of the molecule is CCC(=O)N1CCc2cc(C(=O)NCCN3C(=O)S/C(=C\c4ccccc4)C3=O)ccc21. The fraction of sp³-hybridized carbons (Fsp3) is 0.250. The Morgan fingerprint density at radius 1 is 1.12 bits per heavy atom. The van der Waals surface area contributed by atoms with Gasteiger partial charge in [-0.2, -0.15) is 0 Å². The van der Waals surface area contributed by atoms with Gasteiger partial charge < -0.3 is 10.2 Å². The molecular weight excluding hydrogens is 426 g/mol. The van der Waals surface area contributed by atoms with Gasteiger partial charge in [-0.3, -0.25) is 24.1 Å². The summed E-state index contributed by atoms with van der Waals surface area (Å²) < 4.78 is 0. The van der Waals surface area contributed by atoms with Crippen LogP contribution in [0.15, 0.2) is 53.4 Å². The van der Waals surface area contributed by atoms with Gasteiger partial charge in [0.25, 0.3) is 17.1 Å². The largest absolute Gasteiger partial charge is 0.350 e. The molecule has 2 aromatic carbocycles. The van der Waals surface area contributed by atoms with Crippen molar-refractivity contribution in [3.8, 4) is 0 Å². The van der Waals surface area contributed by atoms with E-state index in [0.29, 0.717) is 29.9 Å². The molecule has 0 saturated carbocycles. The fourth-order valence-corrected chi connectivity index (χ4v) is 4.63. The van der Waals surface area contributed by atoms with Crippen LogP contribution in [0.1, 0.15) is 34.8 Å². The maximum Gasteiger partial charge on any atom is 0.293 e. The summed E-state index contributed by atoms with van der Waals surface area (Å²) in [6.07, 6.45) is 2.85. The molecule has 8 heteroatoms. The van der Waals surface area contributed by atoms with Gasteiger partial charge in [0.2, 0.25) is 5.91 Å². The molecule has 0 aromatic heterocycles. The minimum Gasteiger partial charge on any atom is -0.350 e. The first-order chi connectivity index (χ1) is 15.5. The van der Waals surface area contributed by atoms with Crippen LogP contribution in [0.3, 0.4) is 0 Å². The molecule has 0 unspecified atom stereocenters. The van der Waals surface area contributed by atoms with Gasteiger partial charge in [0.15, 0.2) is 0 Å². The van der Waals surface area contributed by atoms with Gasteiger partial charge in [0, 0.05) is 37.3 Å². The molecule has 0 spiro atoms. The Morgan fingerprint density at radius 3 is 2.66 bits per heavy atom. The third-order valence-electron chi connectivity index (χ3n) is 5.43. The number of hydrogen-bond acceptors (Lipinski definition) is 5. The minimum atomic E-state index is -0.351. The highest BCUT2D eigenvalue weighted by Crippen LogP contribution is 2.32. The topological polar surface area (TPSA) is 86.8 Å². The van der Waals surface area contributed by atoms with Crippen LogP contribution in [-0.4, -0.2) is 47.5 Å². The molecule has 1 saturated heterocycles. The second-order valence-electron chi connectivity index (χ2n) is 7.49. The summed E-state index contributed by atoms with van der Waals surface area (Å²) in [5.74, 6) is -0.560. The molecule has 1 fully saturated rings. The van der Waals surface area contributed by atoms with Crippen molar-refractivity contribution in [2.45, 2.75) is 19.8 Å². The monoisotopic (exact) mass is 449 g/mol. The van der Waals surface area contributed by atoms with Crippen LogP contribution >= 0.6 is 11.8 Å². The molecule has 7 nitrogen and oxygen atoms in total. The van der Waals surface area contributed by atoms with E-state index in [1.807, 2.05) is 37.3 Å². The number of amides is 4. The van der Waals surface area contributed by atoms with Crippen LogP contribution in [0, 0.1) is 0 Å². The van der Waals surface area contributed by atoms with Crippen LogP contribution in [0.5, 0.6) is 0 Å². The van der Waals surface area contributed by atoms with Gasteiger partial charge in [-0.05, 0) is 53.6 Å². The van der Waals surface area contributed by atoms with Gasteiger partial charge in [-0.25, -0.2) is 0 Å². The summed E-state index contributed by atoms with van der Waals surface area (Å²) in [4.78, 5) is 52.7. The number of carbonyl (C=O) groups excluding carboxylic acids is 4. The number of benzene rings is 2. The van der Waals surface area contributed by atoms with E-state index in [4.69, 9.17) is 0 Å². The van der Waals surface area contributed by atoms with Crippen LogP contribution in [0.25, 0.3) is 6.08 Å². The lowest BCUT2D eigenvalue weighted by Crippen LogP contribution is -2.37. The lowest BCUT2D eigenvalue weighted by atomic mass is 10.1. The predicted molar refractivity (Wildman–Crippen MR) is 124 cm³/mol. The zero-order valence-corrected chi connectivity index (χ0v) is 18.5. The average Bonchev–Trinajstić information content (AvgIpc) is 3.34. The zero-order chi connectivity index (χ0) is 22.7. The molecule has 32 heavy (non-hydrogen) atoms. The number of nitrogens with zero attached hydrogens (tertiary/aromatic N) is 2.